The van der Waals surface area contributed by atoms with E-state index in [0.29, 0.717) is 11.3 Å². The highest BCUT2D eigenvalue weighted by atomic mass is 16.5. The van der Waals surface area contributed by atoms with Gasteiger partial charge in [0.05, 0.1) is 14.2 Å². The summed E-state index contributed by atoms with van der Waals surface area (Å²) in [6, 6.07) is 4.67. The van der Waals surface area contributed by atoms with Crippen LogP contribution in [0.5, 0.6) is 5.75 Å². The molecule has 6 heteroatoms. The Hall–Kier alpha value is -2.21. The van der Waals surface area contributed by atoms with E-state index in [9.17, 15) is 14.4 Å². The Labute approximate surface area is 136 Å². The van der Waals surface area contributed by atoms with Crippen molar-refractivity contribution in [1.82, 2.24) is 5.32 Å². The lowest BCUT2D eigenvalue weighted by molar-refractivity contribution is -0.144. The lowest BCUT2D eigenvalue weighted by atomic mass is 9.97. The maximum absolute atomic E-state index is 12.6. The van der Waals surface area contributed by atoms with Crippen LogP contribution in [0.1, 0.15) is 31.1 Å². The maximum Gasteiger partial charge on any atom is 0.323 e. The molecule has 0 aliphatic carbocycles. The largest absolute Gasteiger partial charge is 0.497 e. The molecule has 0 heterocycles. The predicted molar refractivity (Wildman–Crippen MR) is 85.6 cm³/mol. The van der Waals surface area contributed by atoms with Crippen molar-refractivity contribution in [3.63, 3.8) is 0 Å². The van der Waals surface area contributed by atoms with Crippen molar-refractivity contribution in [1.29, 1.82) is 0 Å². The molecule has 0 aromatic heterocycles. The van der Waals surface area contributed by atoms with Gasteiger partial charge >= 0.3 is 5.97 Å². The van der Waals surface area contributed by atoms with Gasteiger partial charge in [-0.15, -0.1) is 0 Å². The second-order valence-electron chi connectivity index (χ2n) is 5.55. The third-order valence-corrected chi connectivity index (χ3v) is 3.49. The Balaban J connectivity index is 3.07. The fourth-order valence-corrected chi connectivity index (χ4v) is 2.16. The number of nitrogens with one attached hydrogen (secondary N) is 1. The van der Waals surface area contributed by atoms with Crippen molar-refractivity contribution in [3.05, 3.63) is 29.8 Å². The van der Waals surface area contributed by atoms with Crippen LogP contribution in [0, 0.1) is 5.92 Å². The molecular weight excluding hydrogens is 298 g/mol. The summed E-state index contributed by atoms with van der Waals surface area (Å²) in [7, 11) is 2.77. The number of methoxy groups -OCH3 is 2. The number of ether oxygens (including phenoxy) is 2. The molecule has 0 aliphatic rings. The van der Waals surface area contributed by atoms with Gasteiger partial charge in [-0.05, 0) is 25.0 Å². The van der Waals surface area contributed by atoms with Crippen LogP contribution in [-0.2, 0) is 14.3 Å². The first-order valence-electron chi connectivity index (χ1n) is 7.34. The van der Waals surface area contributed by atoms with Gasteiger partial charge in [-0.2, -0.15) is 0 Å². The van der Waals surface area contributed by atoms with Crippen LogP contribution in [0.15, 0.2) is 24.3 Å². The lowest BCUT2D eigenvalue weighted by Gasteiger charge is -2.24. The highest BCUT2D eigenvalue weighted by Gasteiger charge is 2.32. The minimum atomic E-state index is -1.12. The first kappa shape index (κ1) is 18.8. The van der Waals surface area contributed by atoms with Crippen LogP contribution >= 0.6 is 0 Å². The topological polar surface area (TPSA) is 81.7 Å². The molecule has 0 amide bonds. The second kappa shape index (κ2) is 8.43. The van der Waals surface area contributed by atoms with E-state index in [0.717, 1.165) is 0 Å². The van der Waals surface area contributed by atoms with E-state index in [2.05, 4.69) is 5.32 Å². The van der Waals surface area contributed by atoms with Gasteiger partial charge in [0, 0.05) is 5.56 Å². The van der Waals surface area contributed by atoms with Crippen molar-refractivity contribution >= 4 is 17.5 Å². The van der Waals surface area contributed by atoms with Crippen molar-refractivity contribution in [3.8, 4) is 5.75 Å². The number of esters is 1. The molecule has 1 N–H and O–H groups in total. The van der Waals surface area contributed by atoms with Gasteiger partial charge in [-0.1, -0.05) is 26.0 Å². The summed E-state index contributed by atoms with van der Waals surface area (Å²) in [5, 5.41) is 2.82. The van der Waals surface area contributed by atoms with Crippen LogP contribution in [-0.4, -0.2) is 43.8 Å². The Kier molecular flexibility index (Phi) is 6.90. The number of rotatable bonds is 8. The molecule has 0 aliphatic heterocycles. The van der Waals surface area contributed by atoms with Gasteiger partial charge < -0.3 is 9.47 Å². The minimum Gasteiger partial charge on any atom is -0.497 e. The predicted octanol–water partition coefficient (Wildman–Crippen LogP) is 1.62. The monoisotopic (exact) mass is 321 g/mol. The molecule has 0 saturated carbocycles. The summed E-state index contributed by atoms with van der Waals surface area (Å²) >= 11 is 0. The van der Waals surface area contributed by atoms with E-state index in [1.165, 1.54) is 21.1 Å². The molecule has 0 bridgehead atoms. The fraction of sp³-hybridized carbons (Fsp3) is 0.471. The molecule has 0 saturated heterocycles. The van der Waals surface area contributed by atoms with E-state index in [1.54, 1.807) is 24.3 Å². The first-order chi connectivity index (χ1) is 10.8. The second-order valence-corrected chi connectivity index (χ2v) is 5.55. The van der Waals surface area contributed by atoms with Crippen molar-refractivity contribution in [2.45, 2.75) is 32.9 Å². The van der Waals surface area contributed by atoms with Gasteiger partial charge in [0.15, 0.2) is 11.6 Å². The summed E-state index contributed by atoms with van der Waals surface area (Å²) in [4.78, 5) is 36.4. The molecule has 2 atom stereocenters. The van der Waals surface area contributed by atoms with Crippen molar-refractivity contribution < 1.29 is 23.9 Å². The van der Waals surface area contributed by atoms with Crippen LogP contribution in [0.2, 0.25) is 0 Å². The third-order valence-electron chi connectivity index (χ3n) is 3.49. The molecule has 0 unspecified atom stereocenters. The zero-order valence-electron chi connectivity index (χ0n) is 14.1. The fourth-order valence-electron chi connectivity index (χ4n) is 2.16. The van der Waals surface area contributed by atoms with Gasteiger partial charge in [0.1, 0.15) is 17.8 Å². The molecule has 126 valence electrons. The van der Waals surface area contributed by atoms with Gasteiger partial charge in [0.2, 0.25) is 0 Å². The normalized spacial score (nSPS) is 13.3. The van der Waals surface area contributed by atoms with Crippen LogP contribution in [0.4, 0.5) is 0 Å². The summed E-state index contributed by atoms with van der Waals surface area (Å²) in [6.45, 7) is 4.92. The Morgan fingerprint density at radius 1 is 1.13 bits per heavy atom. The number of benzene rings is 1. The van der Waals surface area contributed by atoms with Crippen LogP contribution in [0.25, 0.3) is 0 Å². The zero-order valence-corrected chi connectivity index (χ0v) is 14.1. The minimum absolute atomic E-state index is 0.137. The Morgan fingerprint density at radius 2 is 1.78 bits per heavy atom. The summed E-state index contributed by atoms with van der Waals surface area (Å²) in [5.74, 6) is -0.906. The van der Waals surface area contributed by atoms with Crippen LogP contribution in [0.3, 0.4) is 0 Å². The molecule has 1 rings (SSSR count). The number of carbonyl (C=O) groups excluding carboxylic acids is 3. The standard InChI is InChI=1S/C17H23NO5/c1-10(2)14(17(21)23-5)18-15(11(3)19)16(20)12-7-6-8-13(9-12)22-4/h6-10,14-15,18H,1-5H3/t14-,15-/m1/s1. The van der Waals surface area contributed by atoms with E-state index >= 15 is 0 Å². The molecule has 0 fully saturated rings. The average molecular weight is 321 g/mol. The average Bonchev–Trinajstić information content (AvgIpc) is 2.53. The van der Waals surface area contributed by atoms with E-state index in [4.69, 9.17) is 9.47 Å². The van der Waals surface area contributed by atoms with Gasteiger partial charge in [0.25, 0.3) is 0 Å². The molecule has 1 aromatic carbocycles. The number of ketones is 2. The smallest absolute Gasteiger partial charge is 0.323 e. The van der Waals surface area contributed by atoms with E-state index < -0.39 is 23.8 Å². The highest BCUT2D eigenvalue weighted by molar-refractivity contribution is 6.13. The lowest BCUT2D eigenvalue weighted by Crippen LogP contribution is -2.53. The summed E-state index contributed by atoms with van der Waals surface area (Å²) in [5.41, 5.74) is 0.337. The van der Waals surface area contributed by atoms with E-state index in [1.807, 2.05) is 13.8 Å². The Bertz CT molecular complexity index is 582. The van der Waals surface area contributed by atoms with Gasteiger partial charge in [-0.3, -0.25) is 19.7 Å². The Morgan fingerprint density at radius 3 is 2.26 bits per heavy atom. The SMILES string of the molecule is COC(=O)[C@H](N[C@H](C(C)=O)C(=O)c1cccc(OC)c1)C(C)C. The van der Waals surface area contributed by atoms with Gasteiger partial charge in [-0.25, -0.2) is 0 Å². The number of carbonyl (C=O) groups is 3. The first-order valence-corrected chi connectivity index (χ1v) is 7.34. The summed E-state index contributed by atoms with van der Waals surface area (Å²) in [6.07, 6.45) is 0. The number of hydrogen-bond acceptors (Lipinski definition) is 6. The number of Topliss-reactive ketones (excluding diaryl/α,β-unsaturated/α-hetero) is 2. The third kappa shape index (κ3) is 4.89. The summed E-state index contributed by atoms with van der Waals surface area (Å²) < 4.78 is 9.82. The molecular formula is C17H23NO5. The zero-order chi connectivity index (χ0) is 17.6. The molecule has 6 nitrogen and oxygen atoms in total. The molecule has 0 spiro atoms. The van der Waals surface area contributed by atoms with Crippen LogP contribution < -0.4 is 10.1 Å². The van der Waals surface area contributed by atoms with Crippen molar-refractivity contribution in [2.75, 3.05) is 14.2 Å². The quantitative estimate of drug-likeness (QED) is 0.445. The van der Waals surface area contributed by atoms with Crippen molar-refractivity contribution in [2.24, 2.45) is 5.92 Å². The highest BCUT2D eigenvalue weighted by Crippen LogP contribution is 2.15. The molecule has 0 radical (unpaired) electrons. The molecule has 1 aromatic rings. The maximum atomic E-state index is 12.6. The molecule has 23 heavy (non-hydrogen) atoms. The number of hydrogen-bond donors (Lipinski definition) is 1. The van der Waals surface area contributed by atoms with E-state index in [-0.39, 0.29) is 11.7 Å².